The summed E-state index contributed by atoms with van der Waals surface area (Å²) in [5, 5.41) is 2.89. The monoisotopic (exact) mass is 419 g/mol. The van der Waals surface area contributed by atoms with E-state index in [-0.39, 0.29) is 34.0 Å². The minimum absolute atomic E-state index is 0.0640. The standard InChI is InChI=1S/C19H21N3O6S/c1-10(2)13-8-15(23)22-19(21-13)29-9-16(24)20-14-7-11(17(25)27-3)5-6-12(14)18(26)28-4/h5-8,10H,9H2,1-4H3,(H,20,24)(H,21,22,23). The smallest absolute Gasteiger partial charge is 0.339 e. The lowest BCUT2D eigenvalue weighted by molar-refractivity contribution is -0.113. The van der Waals surface area contributed by atoms with Crippen LogP contribution in [0.25, 0.3) is 0 Å². The van der Waals surface area contributed by atoms with Crippen molar-refractivity contribution >= 4 is 35.3 Å². The number of nitrogens with one attached hydrogen (secondary N) is 2. The Balaban J connectivity index is 2.18. The number of anilines is 1. The Morgan fingerprint density at radius 1 is 1.14 bits per heavy atom. The summed E-state index contributed by atoms with van der Waals surface area (Å²) in [6, 6.07) is 5.51. The van der Waals surface area contributed by atoms with Crippen molar-refractivity contribution in [3.8, 4) is 0 Å². The van der Waals surface area contributed by atoms with Crippen LogP contribution in [0.4, 0.5) is 5.69 Å². The third-order valence-electron chi connectivity index (χ3n) is 3.79. The average Bonchev–Trinajstić information content (AvgIpc) is 2.70. The van der Waals surface area contributed by atoms with E-state index in [1.165, 1.54) is 38.5 Å². The number of benzene rings is 1. The van der Waals surface area contributed by atoms with E-state index in [4.69, 9.17) is 4.74 Å². The van der Waals surface area contributed by atoms with Crippen LogP contribution in [0.2, 0.25) is 0 Å². The molecule has 0 aliphatic heterocycles. The number of nitrogens with zero attached hydrogens (tertiary/aromatic N) is 1. The van der Waals surface area contributed by atoms with Crippen LogP contribution >= 0.6 is 11.8 Å². The fourth-order valence-electron chi connectivity index (χ4n) is 2.32. The Morgan fingerprint density at radius 2 is 1.83 bits per heavy atom. The summed E-state index contributed by atoms with van der Waals surface area (Å²) in [5.74, 6) is -1.75. The third-order valence-corrected chi connectivity index (χ3v) is 4.66. The molecule has 1 amide bonds. The van der Waals surface area contributed by atoms with E-state index < -0.39 is 17.8 Å². The van der Waals surface area contributed by atoms with Gasteiger partial charge in [-0.1, -0.05) is 25.6 Å². The number of hydrogen-bond acceptors (Lipinski definition) is 8. The Kier molecular flexibility index (Phi) is 7.54. The van der Waals surface area contributed by atoms with Gasteiger partial charge in [0.25, 0.3) is 5.56 Å². The molecular formula is C19H21N3O6S. The Labute approximate surface area is 171 Å². The molecule has 0 saturated heterocycles. The first kappa shape index (κ1) is 22.2. The van der Waals surface area contributed by atoms with Gasteiger partial charge in [-0.2, -0.15) is 0 Å². The van der Waals surface area contributed by atoms with Gasteiger partial charge in [0.1, 0.15) is 0 Å². The van der Waals surface area contributed by atoms with E-state index in [2.05, 4.69) is 20.0 Å². The molecule has 0 spiro atoms. The number of carbonyl (C=O) groups is 3. The predicted molar refractivity (Wildman–Crippen MR) is 107 cm³/mol. The first-order chi connectivity index (χ1) is 13.7. The average molecular weight is 419 g/mol. The summed E-state index contributed by atoms with van der Waals surface area (Å²) in [4.78, 5) is 54.7. The number of esters is 2. The number of amides is 1. The topological polar surface area (TPSA) is 127 Å². The third kappa shape index (κ3) is 5.92. The highest BCUT2D eigenvalue weighted by atomic mass is 32.2. The molecule has 0 bridgehead atoms. The summed E-state index contributed by atoms with van der Waals surface area (Å²) in [6.07, 6.45) is 0. The van der Waals surface area contributed by atoms with Crippen molar-refractivity contribution in [2.75, 3.05) is 25.3 Å². The van der Waals surface area contributed by atoms with Crippen molar-refractivity contribution in [3.05, 3.63) is 51.4 Å². The van der Waals surface area contributed by atoms with Crippen LogP contribution in [-0.2, 0) is 14.3 Å². The van der Waals surface area contributed by atoms with Gasteiger partial charge in [0.15, 0.2) is 5.16 Å². The van der Waals surface area contributed by atoms with Crippen molar-refractivity contribution < 1.29 is 23.9 Å². The second-order valence-electron chi connectivity index (χ2n) is 6.21. The van der Waals surface area contributed by atoms with E-state index in [1.54, 1.807) is 0 Å². The molecule has 2 aromatic rings. The number of ether oxygens (including phenoxy) is 2. The highest BCUT2D eigenvalue weighted by Crippen LogP contribution is 2.21. The maximum absolute atomic E-state index is 12.4. The van der Waals surface area contributed by atoms with Gasteiger partial charge in [-0.05, 0) is 24.1 Å². The number of carbonyl (C=O) groups excluding carboxylic acids is 3. The zero-order chi connectivity index (χ0) is 21.6. The van der Waals surface area contributed by atoms with Crippen LogP contribution in [0.15, 0.2) is 34.2 Å². The number of methoxy groups -OCH3 is 2. The normalized spacial score (nSPS) is 10.5. The lowest BCUT2D eigenvalue weighted by atomic mass is 10.1. The van der Waals surface area contributed by atoms with Crippen LogP contribution in [0, 0.1) is 0 Å². The lowest BCUT2D eigenvalue weighted by Gasteiger charge is -2.11. The van der Waals surface area contributed by atoms with Crippen LogP contribution in [0.5, 0.6) is 0 Å². The molecule has 2 N–H and O–H groups in total. The summed E-state index contributed by atoms with van der Waals surface area (Å²) >= 11 is 1.04. The molecule has 1 heterocycles. The number of aromatic amines is 1. The number of thioether (sulfide) groups is 1. The van der Waals surface area contributed by atoms with Crippen LogP contribution in [0.3, 0.4) is 0 Å². The fourth-order valence-corrected chi connectivity index (χ4v) is 3.00. The molecule has 154 valence electrons. The van der Waals surface area contributed by atoms with Gasteiger partial charge in [0.05, 0.1) is 42.5 Å². The van der Waals surface area contributed by atoms with E-state index in [9.17, 15) is 19.2 Å². The maximum atomic E-state index is 12.4. The molecule has 10 heteroatoms. The Bertz CT molecular complexity index is 986. The molecule has 0 aliphatic rings. The first-order valence-electron chi connectivity index (χ1n) is 8.59. The lowest BCUT2D eigenvalue weighted by Crippen LogP contribution is -2.19. The number of rotatable bonds is 7. The highest BCUT2D eigenvalue weighted by molar-refractivity contribution is 7.99. The Morgan fingerprint density at radius 3 is 2.45 bits per heavy atom. The second-order valence-corrected chi connectivity index (χ2v) is 7.17. The molecule has 0 atom stereocenters. The van der Waals surface area contributed by atoms with E-state index in [1.807, 2.05) is 13.8 Å². The van der Waals surface area contributed by atoms with Gasteiger partial charge in [-0.3, -0.25) is 9.59 Å². The number of H-pyrrole nitrogens is 1. The van der Waals surface area contributed by atoms with Crippen molar-refractivity contribution in [3.63, 3.8) is 0 Å². The van der Waals surface area contributed by atoms with Crippen molar-refractivity contribution in [2.45, 2.75) is 24.9 Å². The van der Waals surface area contributed by atoms with Gasteiger partial charge in [0.2, 0.25) is 5.91 Å². The summed E-state index contributed by atoms with van der Waals surface area (Å²) < 4.78 is 9.36. The maximum Gasteiger partial charge on any atom is 0.339 e. The molecule has 1 aromatic heterocycles. The van der Waals surface area contributed by atoms with Crippen LogP contribution in [-0.4, -0.2) is 47.8 Å². The molecule has 1 aromatic carbocycles. The summed E-state index contributed by atoms with van der Waals surface area (Å²) in [6.45, 7) is 3.82. The quantitative estimate of drug-likeness (QED) is 0.397. The minimum Gasteiger partial charge on any atom is -0.465 e. The number of aromatic nitrogens is 2. The second kappa shape index (κ2) is 9.87. The van der Waals surface area contributed by atoms with E-state index in [0.717, 1.165) is 11.8 Å². The van der Waals surface area contributed by atoms with Crippen molar-refractivity contribution in [1.82, 2.24) is 9.97 Å². The van der Waals surface area contributed by atoms with Gasteiger partial charge in [-0.25, -0.2) is 14.6 Å². The zero-order valence-corrected chi connectivity index (χ0v) is 17.2. The van der Waals surface area contributed by atoms with Crippen molar-refractivity contribution in [2.24, 2.45) is 0 Å². The Hall–Kier alpha value is -3.14. The van der Waals surface area contributed by atoms with E-state index in [0.29, 0.717) is 10.9 Å². The molecule has 0 radical (unpaired) electrons. The van der Waals surface area contributed by atoms with Crippen LogP contribution < -0.4 is 10.9 Å². The van der Waals surface area contributed by atoms with Gasteiger partial charge < -0.3 is 19.8 Å². The largest absolute Gasteiger partial charge is 0.465 e. The van der Waals surface area contributed by atoms with E-state index >= 15 is 0 Å². The molecule has 0 saturated carbocycles. The summed E-state index contributed by atoms with van der Waals surface area (Å²) in [5.41, 5.74) is 0.689. The van der Waals surface area contributed by atoms with Crippen molar-refractivity contribution in [1.29, 1.82) is 0 Å². The number of hydrogen-bond donors (Lipinski definition) is 2. The summed E-state index contributed by atoms with van der Waals surface area (Å²) in [7, 11) is 2.44. The van der Waals surface area contributed by atoms with Gasteiger partial charge >= 0.3 is 11.9 Å². The molecule has 0 unspecified atom stereocenters. The molecule has 0 fully saturated rings. The van der Waals surface area contributed by atoms with Gasteiger partial charge in [0, 0.05) is 6.07 Å². The zero-order valence-electron chi connectivity index (χ0n) is 16.4. The highest BCUT2D eigenvalue weighted by Gasteiger charge is 2.18. The fraction of sp³-hybridized carbons (Fsp3) is 0.316. The van der Waals surface area contributed by atoms with Crippen LogP contribution in [0.1, 0.15) is 46.2 Å². The molecule has 9 nitrogen and oxygen atoms in total. The predicted octanol–water partition coefficient (Wildman–Crippen LogP) is 2.20. The molecule has 0 aliphatic carbocycles. The SMILES string of the molecule is COC(=O)c1ccc(C(=O)OC)c(NC(=O)CSc2nc(C(C)C)cc(=O)[nH]2)c1. The molecule has 2 rings (SSSR count). The minimum atomic E-state index is -0.667. The first-order valence-corrected chi connectivity index (χ1v) is 9.58. The van der Waals surface area contributed by atoms with Gasteiger partial charge in [-0.15, -0.1) is 0 Å². The molecule has 29 heavy (non-hydrogen) atoms. The molecular weight excluding hydrogens is 398 g/mol.